The van der Waals surface area contributed by atoms with Crippen LogP contribution in [0, 0.1) is 0 Å². The molecule has 0 aromatic heterocycles. The highest BCUT2D eigenvalue weighted by molar-refractivity contribution is 14.0. The number of methoxy groups -OCH3 is 1. The van der Waals surface area contributed by atoms with Crippen molar-refractivity contribution < 1.29 is 14.3 Å². The molecule has 8 heteroatoms. The zero-order chi connectivity index (χ0) is 17.9. The predicted molar refractivity (Wildman–Crippen MR) is 112 cm³/mol. The Kier molecular flexibility index (Phi) is 11.8. The number of carbonyl (C=O) groups excluding carboxylic acids is 1. The van der Waals surface area contributed by atoms with E-state index in [1.165, 1.54) is 0 Å². The molecule has 0 heterocycles. The summed E-state index contributed by atoms with van der Waals surface area (Å²) < 4.78 is 10.9. The van der Waals surface area contributed by atoms with Gasteiger partial charge in [0.25, 0.3) is 0 Å². The van der Waals surface area contributed by atoms with Gasteiger partial charge in [-0.05, 0) is 26.0 Å². The number of hydrogen-bond donors (Lipinski definition) is 2. The summed E-state index contributed by atoms with van der Waals surface area (Å²) in [6, 6.07) is 5.60. The number of nitrogens with one attached hydrogen (secondary N) is 2. The lowest BCUT2D eigenvalue weighted by molar-refractivity contribution is -0.128. The van der Waals surface area contributed by atoms with Gasteiger partial charge in [0.15, 0.2) is 17.5 Å². The molecule has 0 aliphatic carbocycles. The van der Waals surface area contributed by atoms with Crippen molar-refractivity contribution in [2.75, 3.05) is 46.2 Å². The third-order valence-corrected chi connectivity index (χ3v) is 3.16. The Morgan fingerprint density at radius 3 is 2.52 bits per heavy atom. The number of carbonyl (C=O) groups is 1. The zero-order valence-corrected chi connectivity index (χ0v) is 17.9. The highest BCUT2D eigenvalue weighted by Gasteiger charge is 2.07. The molecule has 2 N–H and O–H groups in total. The largest absolute Gasteiger partial charge is 0.493 e. The van der Waals surface area contributed by atoms with E-state index in [9.17, 15) is 4.79 Å². The maximum atomic E-state index is 11.6. The summed E-state index contributed by atoms with van der Waals surface area (Å²) in [5.74, 6) is 2.03. The van der Waals surface area contributed by atoms with Gasteiger partial charge in [0.05, 0.1) is 20.3 Å². The van der Waals surface area contributed by atoms with Crippen molar-refractivity contribution >= 4 is 41.5 Å². The summed E-state index contributed by atoms with van der Waals surface area (Å²) in [6.45, 7) is 5.63. The number of ether oxygens (including phenoxy) is 2. The maximum Gasteiger partial charge on any atom is 0.223 e. The van der Waals surface area contributed by atoms with Gasteiger partial charge in [-0.2, -0.15) is 0 Å². The fourth-order valence-electron chi connectivity index (χ4n) is 1.95. The quantitative estimate of drug-likeness (QED) is 0.352. The molecule has 0 aliphatic heterocycles. The number of amides is 1. The summed E-state index contributed by atoms with van der Waals surface area (Å²) in [5, 5.41) is 6.36. The molecular weight excluding hydrogens is 435 g/mol. The molecule has 1 aromatic rings. The molecule has 7 nitrogen and oxygen atoms in total. The lowest BCUT2D eigenvalue weighted by Gasteiger charge is -2.14. The van der Waals surface area contributed by atoms with Crippen molar-refractivity contribution in [2.24, 2.45) is 4.99 Å². The van der Waals surface area contributed by atoms with Gasteiger partial charge in [0.2, 0.25) is 5.91 Å². The molecule has 25 heavy (non-hydrogen) atoms. The standard InChI is InChI=1S/C17H28N4O3.HI/c1-6-18-17(19-11-10-16(22)21(3)4)20-13-8-9-14(24-7-2)15(12-13)23-5;/h8-9,12H,6-7,10-11H2,1-5H3,(H2,18,19,20);1H. The molecule has 0 bridgehead atoms. The van der Waals surface area contributed by atoms with Crippen LogP contribution in [0.4, 0.5) is 5.69 Å². The average Bonchev–Trinajstić information content (AvgIpc) is 2.56. The third kappa shape index (κ3) is 8.28. The molecule has 0 radical (unpaired) electrons. The fourth-order valence-corrected chi connectivity index (χ4v) is 1.95. The molecule has 1 aromatic carbocycles. The van der Waals surface area contributed by atoms with Crippen LogP contribution in [-0.4, -0.2) is 57.7 Å². The van der Waals surface area contributed by atoms with Gasteiger partial charge in [-0.1, -0.05) is 0 Å². The van der Waals surface area contributed by atoms with Crippen molar-refractivity contribution in [3.8, 4) is 11.5 Å². The van der Waals surface area contributed by atoms with E-state index in [1.54, 1.807) is 26.1 Å². The summed E-state index contributed by atoms with van der Waals surface area (Å²) in [4.78, 5) is 17.6. The van der Waals surface area contributed by atoms with Crippen LogP contribution >= 0.6 is 24.0 Å². The number of rotatable bonds is 8. The lowest BCUT2D eigenvalue weighted by Crippen LogP contribution is -2.31. The van der Waals surface area contributed by atoms with E-state index in [4.69, 9.17) is 9.47 Å². The van der Waals surface area contributed by atoms with E-state index in [-0.39, 0.29) is 29.9 Å². The molecule has 1 amide bonds. The molecule has 0 saturated heterocycles. The highest BCUT2D eigenvalue weighted by atomic mass is 127. The molecule has 1 rings (SSSR count). The lowest BCUT2D eigenvalue weighted by atomic mass is 10.2. The van der Waals surface area contributed by atoms with Crippen LogP contribution in [0.5, 0.6) is 11.5 Å². The van der Waals surface area contributed by atoms with Crippen LogP contribution in [0.3, 0.4) is 0 Å². The average molecular weight is 464 g/mol. The number of guanidine groups is 1. The second kappa shape index (κ2) is 12.6. The third-order valence-electron chi connectivity index (χ3n) is 3.16. The van der Waals surface area contributed by atoms with Crippen LogP contribution in [0.15, 0.2) is 23.2 Å². The Labute approximate surface area is 167 Å². The Morgan fingerprint density at radius 1 is 1.24 bits per heavy atom. The van der Waals surface area contributed by atoms with E-state index < -0.39 is 0 Å². The van der Waals surface area contributed by atoms with Crippen molar-refractivity contribution in [3.63, 3.8) is 0 Å². The van der Waals surface area contributed by atoms with Crippen molar-refractivity contribution in [1.29, 1.82) is 0 Å². The molecule has 0 fully saturated rings. The first-order valence-electron chi connectivity index (χ1n) is 8.08. The normalized spacial score (nSPS) is 10.5. The van der Waals surface area contributed by atoms with E-state index in [0.717, 1.165) is 12.2 Å². The SMILES string of the molecule is CCNC(=NCCC(=O)N(C)C)Nc1ccc(OCC)c(OC)c1.I. The van der Waals surface area contributed by atoms with Gasteiger partial charge < -0.3 is 25.0 Å². The summed E-state index contributed by atoms with van der Waals surface area (Å²) in [7, 11) is 5.08. The first kappa shape index (κ1) is 23.3. The van der Waals surface area contributed by atoms with Crippen molar-refractivity contribution in [3.05, 3.63) is 18.2 Å². The molecule has 0 atom stereocenters. The monoisotopic (exact) mass is 464 g/mol. The molecule has 0 aliphatic rings. The van der Waals surface area contributed by atoms with Crippen LogP contribution in [0.25, 0.3) is 0 Å². The van der Waals surface area contributed by atoms with E-state index >= 15 is 0 Å². The first-order valence-corrected chi connectivity index (χ1v) is 8.08. The van der Waals surface area contributed by atoms with Crippen LogP contribution < -0.4 is 20.1 Å². The topological polar surface area (TPSA) is 75.2 Å². The van der Waals surface area contributed by atoms with E-state index in [1.807, 2.05) is 32.0 Å². The predicted octanol–water partition coefficient (Wildman–Crippen LogP) is 2.57. The Bertz CT molecular complexity index is 565. The fraction of sp³-hybridized carbons (Fsp3) is 0.529. The summed E-state index contributed by atoms with van der Waals surface area (Å²) in [6.07, 6.45) is 0.371. The molecule has 142 valence electrons. The molecule has 0 spiro atoms. The van der Waals surface area contributed by atoms with Gasteiger partial charge in [-0.15, -0.1) is 24.0 Å². The first-order chi connectivity index (χ1) is 11.5. The Morgan fingerprint density at radius 2 is 1.96 bits per heavy atom. The van der Waals surface area contributed by atoms with Crippen LogP contribution in [0.2, 0.25) is 0 Å². The number of nitrogens with zero attached hydrogens (tertiary/aromatic N) is 2. The molecular formula is C17H29IN4O3. The van der Waals surface area contributed by atoms with Gasteiger partial charge in [-0.3, -0.25) is 9.79 Å². The van der Waals surface area contributed by atoms with Crippen molar-refractivity contribution in [1.82, 2.24) is 10.2 Å². The van der Waals surface area contributed by atoms with E-state index in [2.05, 4.69) is 15.6 Å². The minimum atomic E-state index is 0. The summed E-state index contributed by atoms with van der Waals surface area (Å²) in [5.41, 5.74) is 0.828. The maximum absolute atomic E-state index is 11.6. The second-order valence-electron chi connectivity index (χ2n) is 5.22. The van der Waals surface area contributed by atoms with Gasteiger partial charge in [0.1, 0.15) is 0 Å². The molecule has 0 saturated carbocycles. The molecule has 0 unspecified atom stereocenters. The highest BCUT2D eigenvalue weighted by Crippen LogP contribution is 2.30. The number of halogens is 1. The summed E-state index contributed by atoms with van der Waals surface area (Å²) >= 11 is 0. The Balaban J connectivity index is 0.00000576. The van der Waals surface area contributed by atoms with Crippen LogP contribution in [0.1, 0.15) is 20.3 Å². The smallest absolute Gasteiger partial charge is 0.223 e. The van der Waals surface area contributed by atoms with E-state index in [0.29, 0.717) is 37.0 Å². The van der Waals surface area contributed by atoms with Gasteiger partial charge in [0, 0.05) is 38.8 Å². The number of hydrogen-bond acceptors (Lipinski definition) is 4. The number of anilines is 1. The second-order valence-corrected chi connectivity index (χ2v) is 5.22. The minimum absolute atomic E-state index is 0. The minimum Gasteiger partial charge on any atom is -0.493 e. The number of aliphatic imine (C=N–C) groups is 1. The van der Waals surface area contributed by atoms with Gasteiger partial charge >= 0.3 is 0 Å². The van der Waals surface area contributed by atoms with Crippen molar-refractivity contribution in [2.45, 2.75) is 20.3 Å². The van der Waals surface area contributed by atoms with Gasteiger partial charge in [-0.25, -0.2) is 0 Å². The van der Waals surface area contributed by atoms with Crippen LogP contribution in [-0.2, 0) is 4.79 Å². The Hall–Kier alpha value is -1.71. The zero-order valence-electron chi connectivity index (χ0n) is 15.6. The number of benzene rings is 1.